The van der Waals surface area contributed by atoms with Gasteiger partial charge < -0.3 is 9.47 Å². The molecule has 150 valence electrons. The third-order valence-corrected chi connectivity index (χ3v) is 5.21. The van der Waals surface area contributed by atoms with E-state index in [0.717, 1.165) is 60.7 Å². The largest absolute Gasteiger partial charge is 0.416 e. The molecule has 0 radical (unpaired) electrons. The van der Waals surface area contributed by atoms with E-state index in [9.17, 15) is 13.2 Å². The van der Waals surface area contributed by atoms with E-state index in [2.05, 4.69) is 28.3 Å². The Bertz CT molecular complexity index is 940. The minimum atomic E-state index is -4.37. The van der Waals surface area contributed by atoms with Crippen LogP contribution in [0, 0.1) is 6.92 Å². The molecule has 6 heteroatoms. The summed E-state index contributed by atoms with van der Waals surface area (Å²) in [5.74, 6) is 0.729. The molecule has 0 N–H and O–H groups in total. The summed E-state index contributed by atoms with van der Waals surface area (Å²) < 4.78 is 41.5. The maximum Gasteiger partial charge on any atom is 0.416 e. The van der Waals surface area contributed by atoms with Crippen molar-refractivity contribution in [1.29, 1.82) is 0 Å². The molecule has 0 fully saturated rings. The van der Waals surface area contributed by atoms with Crippen molar-refractivity contribution in [3.05, 3.63) is 53.6 Å². The molecule has 3 nitrogen and oxygen atoms in total. The third kappa shape index (κ3) is 4.22. The Balaban J connectivity index is 2.05. The number of rotatable bonds is 7. The summed E-state index contributed by atoms with van der Waals surface area (Å²) in [6, 6.07) is 11.7. The molecule has 3 rings (SSSR count). The highest BCUT2D eigenvalue weighted by Crippen LogP contribution is 2.33. The molecule has 0 unspecified atom stereocenters. The first-order chi connectivity index (χ1) is 13.3. The standard InChI is InChI=1S/C22H26F3N3/c1-4-27(5-2)13-8-14-28-20-12-11-17(22(23,24)25)15-19(20)26-21(28)18-10-7-6-9-16(18)3/h6-7,9-12,15H,4-5,8,13-14H2,1-3H3. The van der Waals surface area contributed by atoms with Crippen molar-refractivity contribution in [2.45, 2.75) is 39.9 Å². The van der Waals surface area contributed by atoms with Gasteiger partial charge in [0.2, 0.25) is 0 Å². The summed E-state index contributed by atoms with van der Waals surface area (Å²) in [6.07, 6.45) is -3.46. The van der Waals surface area contributed by atoms with Gasteiger partial charge >= 0.3 is 6.18 Å². The molecule has 0 amide bonds. The topological polar surface area (TPSA) is 21.1 Å². The monoisotopic (exact) mass is 389 g/mol. The van der Waals surface area contributed by atoms with Crippen LogP contribution in [0.25, 0.3) is 22.4 Å². The Kier molecular flexibility index (Phi) is 6.08. The Morgan fingerprint density at radius 2 is 1.75 bits per heavy atom. The van der Waals surface area contributed by atoms with Gasteiger partial charge in [-0.1, -0.05) is 38.1 Å². The molecule has 2 aromatic carbocycles. The quantitative estimate of drug-likeness (QED) is 0.512. The fraction of sp³-hybridized carbons (Fsp3) is 0.409. The summed E-state index contributed by atoms with van der Waals surface area (Å²) >= 11 is 0. The second kappa shape index (κ2) is 8.35. The molecule has 0 atom stereocenters. The highest BCUT2D eigenvalue weighted by atomic mass is 19.4. The molecule has 0 saturated carbocycles. The maximum atomic E-state index is 13.1. The number of fused-ring (bicyclic) bond motifs is 1. The van der Waals surface area contributed by atoms with Gasteiger partial charge in [0.25, 0.3) is 0 Å². The fourth-order valence-corrected chi connectivity index (χ4v) is 3.55. The zero-order chi connectivity index (χ0) is 20.3. The normalized spacial score (nSPS) is 12.2. The summed E-state index contributed by atoms with van der Waals surface area (Å²) in [7, 11) is 0. The Morgan fingerprint density at radius 3 is 2.39 bits per heavy atom. The van der Waals surface area contributed by atoms with Crippen LogP contribution in [0.5, 0.6) is 0 Å². The molecular formula is C22H26F3N3. The number of halogens is 3. The van der Waals surface area contributed by atoms with Crippen molar-refractivity contribution < 1.29 is 13.2 Å². The van der Waals surface area contributed by atoms with Gasteiger partial charge in [-0.15, -0.1) is 0 Å². The van der Waals surface area contributed by atoms with Gasteiger partial charge in [0.1, 0.15) is 5.82 Å². The highest BCUT2D eigenvalue weighted by Gasteiger charge is 2.31. The predicted molar refractivity (Wildman–Crippen MR) is 107 cm³/mol. The van der Waals surface area contributed by atoms with Crippen molar-refractivity contribution in [3.63, 3.8) is 0 Å². The number of hydrogen-bond donors (Lipinski definition) is 0. The molecule has 0 aliphatic carbocycles. The number of imidazole rings is 1. The van der Waals surface area contributed by atoms with Gasteiger partial charge in [-0.3, -0.25) is 0 Å². The van der Waals surface area contributed by atoms with Crippen molar-refractivity contribution in [2.75, 3.05) is 19.6 Å². The van der Waals surface area contributed by atoms with Crippen LogP contribution < -0.4 is 0 Å². The summed E-state index contributed by atoms with van der Waals surface area (Å²) in [5, 5.41) is 0. The average Bonchev–Trinajstić information content (AvgIpc) is 3.02. The lowest BCUT2D eigenvalue weighted by atomic mass is 10.1. The number of nitrogens with zero attached hydrogens (tertiary/aromatic N) is 3. The van der Waals surface area contributed by atoms with Crippen LogP contribution >= 0.6 is 0 Å². The van der Waals surface area contributed by atoms with Gasteiger partial charge in [-0.2, -0.15) is 13.2 Å². The van der Waals surface area contributed by atoms with Crippen LogP contribution in [0.2, 0.25) is 0 Å². The van der Waals surface area contributed by atoms with Crippen molar-refractivity contribution in [1.82, 2.24) is 14.5 Å². The zero-order valence-corrected chi connectivity index (χ0v) is 16.6. The van der Waals surface area contributed by atoms with Crippen LogP contribution in [0.15, 0.2) is 42.5 Å². The number of aromatic nitrogens is 2. The minimum absolute atomic E-state index is 0.385. The van der Waals surface area contributed by atoms with Gasteiger partial charge in [0.05, 0.1) is 16.6 Å². The van der Waals surface area contributed by atoms with Crippen LogP contribution in [-0.4, -0.2) is 34.1 Å². The van der Waals surface area contributed by atoms with Gasteiger partial charge in [-0.25, -0.2) is 4.98 Å². The first-order valence-electron chi connectivity index (χ1n) is 9.71. The van der Waals surface area contributed by atoms with E-state index in [1.807, 2.05) is 31.2 Å². The molecule has 1 aromatic heterocycles. The van der Waals surface area contributed by atoms with E-state index in [1.54, 1.807) is 6.07 Å². The molecule has 1 heterocycles. The second-order valence-electron chi connectivity index (χ2n) is 6.98. The van der Waals surface area contributed by atoms with E-state index < -0.39 is 11.7 Å². The number of alkyl halides is 3. The number of benzene rings is 2. The summed E-state index contributed by atoms with van der Waals surface area (Å²) in [6.45, 7) is 9.89. The molecule has 0 bridgehead atoms. The molecule has 0 spiro atoms. The summed E-state index contributed by atoms with van der Waals surface area (Å²) in [4.78, 5) is 6.95. The number of hydrogen-bond acceptors (Lipinski definition) is 2. The molecule has 0 saturated heterocycles. The Hall–Kier alpha value is -2.34. The average molecular weight is 389 g/mol. The lowest BCUT2D eigenvalue weighted by Gasteiger charge is -2.18. The zero-order valence-electron chi connectivity index (χ0n) is 16.6. The minimum Gasteiger partial charge on any atom is -0.324 e. The molecule has 0 aliphatic rings. The Labute approximate surface area is 163 Å². The number of aryl methyl sites for hydroxylation is 2. The molecule has 3 aromatic rings. The van der Waals surface area contributed by atoms with Crippen LogP contribution in [0.1, 0.15) is 31.4 Å². The van der Waals surface area contributed by atoms with E-state index in [-0.39, 0.29) is 0 Å². The van der Waals surface area contributed by atoms with E-state index in [4.69, 9.17) is 0 Å². The van der Waals surface area contributed by atoms with Gasteiger partial charge in [0.15, 0.2) is 0 Å². The van der Waals surface area contributed by atoms with Crippen molar-refractivity contribution in [3.8, 4) is 11.4 Å². The predicted octanol–water partition coefficient (Wildman–Crippen LogP) is 5.76. The van der Waals surface area contributed by atoms with Gasteiger partial charge in [0, 0.05) is 12.1 Å². The van der Waals surface area contributed by atoms with E-state index in [0.29, 0.717) is 12.1 Å². The van der Waals surface area contributed by atoms with E-state index >= 15 is 0 Å². The smallest absolute Gasteiger partial charge is 0.324 e. The lowest BCUT2D eigenvalue weighted by Crippen LogP contribution is -2.24. The highest BCUT2D eigenvalue weighted by molar-refractivity contribution is 5.82. The second-order valence-corrected chi connectivity index (χ2v) is 6.98. The maximum absolute atomic E-state index is 13.1. The van der Waals surface area contributed by atoms with Crippen LogP contribution in [-0.2, 0) is 12.7 Å². The van der Waals surface area contributed by atoms with E-state index in [1.165, 1.54) is 0 Å². The Morgan fingerprint density at radius 1 is 1.04 bits per heavy atom. The first-order valence-corrected chi connectivity index (χ1v) is 9.71. The van der Waals surface area contributed by atoms with Crippen LogP contribution in [0.3, 0.4) is 0 Å². The first kappa shape index (κ1) is 20.4. The molecule has 28 heavy (non-hydrogen) atoms. The van der Waals surface area contributed by atoms with Gasteiger partial charge in [-0.05, 0) is 56.7 Å². The molecular weight excluding hydrogens is 363 g/mol. The lowest BCUT2D eigenvalue weighted by molar-refractivity contribution is -0.137. The van der Waals surface area contributed by atoms with Crippen molar-refractivity contribution in [2.24, 2.45) is 0 Å². The fourth-order valence-electron chi connectivity index (χ4n) is 3.55. The van der Waals surface area contributed by atoms with Crippen molar-refractivity contribution >= 4 is 11.0 Å². The summed E-state index contributed by atoms with van der Waals surface area (Å²) in [5.41, 5.74) is 2.47. The third-order valence-electron chi connectivity index (χ3n) is 5.21. The molecule has 0 aliphatic heterocycles. The van der Waals surface area contributed by atoms with Crippen LogP contribution in [0.4, 0.5) is 13.2 Å². The SMILES string of the molecule is CCN(CC)CCCn1c(-c2ccccc2C)nc2cc(C(F)(F)F)ccc21.